The third-order valence-corrected chi connectivity index (χ3v) is 2.04. The summed E-state index contributed by atoms with van der Waals surface area (Å²) >= 11 is 0. The molecule has 3 heteroatoms. The maximum absolute atomic E-state index is 5.86. The number of allylic oxidation sites excluding steroid dienone is 4. The van der Waals surface area contributed by atoms with Crippen LogP contribution in [0.15, 0.2) is 40.9 Å². The van der Waals surface area contributed by atoms with Gasteiger partial charge in [-0.25, -0.2) is 5.01 Å². The van der Waals surface area contributed by atoms with Gasteiger partial charge in [-0.15, -0.1) is 0 Å². The van der Waals surface area contributed by atoms with Crippen LogP contribution in [0.4, 0.5) is 0 Å². The van der Waals surface area contributed by atoms with Crippen molar-refractivity contribution in [3.8, 4) is 0 Å². The number of hydrazone groups is 1. The molecule has 2 N–H and O–H groups in total. The first-order valence-corrected chi connectivity index (χ1v) is 4.78. The van der Waals surface area contributed by atoms with E-state index in [1.165, 1.54) is 0 Å². The molecular weight excluding hydrogens is 174 g/mol. The molecule has 0 spiro atoms. The van der Waals surface area contributed by atoms with Crippen LogP contribution in [0.25, 0.3) is 0 Å². The minimum Gasteiger partial charge on any atom is -0.401 e. The van der Waals surface area contributed by atoms with E-state index in [9.17, 15) is 0 Å². The molecule has 1 aliphatic heterocycles. The largest absolute Gasteiger partial charge is 0.401 e. The number of hydrogen-bond acceptors (Lipinski definition) is 3. The maximum atomic E-state index is 5.86. The van der Waals surface area contributed by atoms with Crippen LogP contribution in [0.5, 0.6) is 0 Å². The summed E-state index contributed by atoms with van der Waals surface area (Å²) in [5.74, 6) is 0.342. The highest BCUT2D eigenvalue weighted by Crippen LogP contribution is 2.13. The van der Waals surface area contributed by atoms with Crippen molar-refractivity contribution < 1.29 is 0 Å². The van der Waals surface area contributed by atoms with Crippen molar-refractivity contribution in [3.63, 3.8) is 0 Å². The highest BCUT2D eigenvalue weighted by Gasteiger charge is 2.06. The van der Waals surface area contributed by atoms with Gasteiger partial charge in [-0.1, -0.05) is 19.9 Å². The summed E-state index contributed by atoms with van der Waals surface area (Å²) in [7, 11) is 0. The smallest absolute Gasteiger partial charge is 0.0604 e. The molecule has 3 nitrogen and oxygen atoms in total. The van der Waals surface area contributed by atoms with Gasteiger partial charge in [0.2, 0.25) is 0 Å². The van der Waals surface area contributed by atoms with Crippen LogP contribution < -0.4 is 5.73 Å². The Morgan fingerprint density at radius 2 is 2.29 bits per heavy atom. The lowest BCUT2D eigenvalue weighted by Crippen LogP contribution is -2.16. The van der Waals surface area contributed by atoms with Gasteiger partial charge in [0.15, 0.2) is 0 Å². The zero-order valence-electron chi connectivity index (χ0n) is 8.94. The third-order valence-electron chi connectivity index (χ3n) is 2.04. The summed E-state index contributed by atoms with van der Waals surface area (Å²) < 4.78 is 0. The van der Waals surface area contributed by atoms with Gasteiger partial charge in [-0.2, -0.15) is 5.10 Å². The average Bonchev–Trinajstić information content (AvgIpc) is 2.18. The molecule has 0 aromatic carbocycles. The van der Waals surface area contributed by atoms with Gasteiger partial charge in [0.25, 0.3) is 0 Å². The molecule has 0 atom stereocenters. The SMILES string of the molecule is C/C=C1/C=CC=NN1/C=C(\N)C(C)C. The Bertz CT molecular complexity index is 308. The highest BCUT2D eigenvalue weighted by molar-refractivity contribution is 5.73. The Kier molecular flexibility index (Phi) is 3.51. The van der Waals surface area contributed by atoms with Crippen LogP contribution in [0.1, 0.15) is 20.8 Å². The van der Waals surface area contributed by atoms with Gasteiger partial charge >= 0.3 is 0 Å². The highest BCUT2D eigenvalue weighted by atomic mass is 15.4. The Labute approximate surface area is 85.3 Å². The molecule has 0 unspecified atom stereocenters. The summed E-state index contributed by atoms with van der Waals surface area (Å²) in [6, 6.07) is 0. The van der Waals surface area contributed by atoms with E-state index in [0.717, 1.165) is 11.4 Å². The minimum absolute atomic E-state index is 0.342. The normalized spacial score (nSPS) is 19.9. The predicted octanol–water partition coefficient (Wildman–Crippen LogP) is 2.20. The summed E-state index contributed by atoms with van der Waals surface area (Å²) in [6.07, 6.45) is 9.51. The van der Waals surface area contributed by atoms with E-state index in [-0.39, 0.29) is 0 Å². The monoisotopic (exact) mass is 191 g/mol. The van der Waals surface area contributed by atoms with E-state index < -0.39 is 0 Å². The second-order valence-corrected chi connectivity index (χ2v) is 3.47. The van der Waals surface area contributed by atoms with Gasteiger partial charge in [-0.05, 0) is 25.0 Å². The zero-order chi connectivity index (χ0) is 10.6. The lowest BCUT2D eigenvalue weighted by Gasteiger charge is -2.19. The molecular formula is C11H17N3. The molecule has 0 aromatic rings. The fourth-order valence-corrected chi connectivity index (χ4v) is 1.02. The van der Waals surface area contributed by atoms with Crippen molar-refractivity contribution in [3.05, 3.63) is 35.8 Å². The number of hydrogen-bond donors (Lipinski definition) is 1. The molecule has 76 valence electrons. The summed E-state index contributed by atoms with van der Waals surface area (Å²) in [5.41, 5.74) is 7.73. The van der Waals surface area contributed by atoms with E-state index in [1.54, 1.807) is 11.2 Å². The fourth-order valence-electron chi connectivity index (χ4n) is 1.02. The fraction of sp³-hybridized carbons (Fsp3) is 0.364. The first kappa shape index (κ1) is 10.6. The quantitative estimate of drug-likeness (QED) is 0.727. The Morgan fingerprint density at radius 3 is 2.86 bits per heavy atom. The lowest BCUT2D eigenvalue weighted by atomic mass is 10.1. The second-order valence-electron chi connectivity index (χ2n) is 3.47. The minimum atomic E-state index is 0.342. The van der Waals surface area contributed by atoms with Gasteiger partial charge in [0.05, 0.1) is 5.70 Å². The van der Waals surface area contributed by atoms with Crippen molar-refractivity contribution >= 4 is 6.21 Å². The summed E-state index contributed by atoms with van der Waals surface area (Å²) in [6.45, 7) is 6.10. The predicted molar refractivity (Wildman–Crippen MR) is 60.3 cm³/mol. The van der Waals surface area contributed by atoms with E-state index in [0.29, 0.717) is 5.92 Å². The topological polar surface area (TPSA) is 41.6 Å². The van der Waals surface area contributed by atoms with Crippen LogP contribution in [0.2, 0.25) is 0 Å². The van der Waals surface area contributed by atoms with Crippen LogP contribution >= 0.6 is 0 Å². The molecule has 0 aromatic heterocycles. The Balaban J connectivity index is 2.83. The van der Waals surface area contributed by atoms with Gasteiger partial charge in [0.1, 0.15) is 0 Å². The standard InChI is InChI=1S/C11H17N3/c1-4-10-6-5-7-13-14(10)8-11(12)9(2)3/h4-9H,12H2,1-3H3/b10-4-,11-8-. The molecule has 1 aliphatic rings. The van der Waals surface area contributed by atoms with Gasteiger partial charge in [0, 0.05) is 18.1 Å². The molecule has 0 bridgehead atoms. The van der Waals surface area contributed by atoms with Crippen LogP contribution in [0, 0.1) is 5.92 Å². The second kappa shape index (κ2) is 4.65. The van der Waals surface area contributed by atoms with Crippen molar-refractivity contribution in [1.29, 1.82) is 0 Å². The Hall–Kier alpha value is -1.51. The number of nitrogens with zero attached hydrogens (tertiary/aromatic N) is 2. The number of nitrogens with two attached hydrogens (primary N) is 1. The van der Waals surface area contributed by atoms with Crippen molar-refractivity contribution in [2.24, 2.45) is 16.8 Å². The van der Waals surface area contributed by atoms with E-state index in [1.807, 2.05) is 31.4 Å². The first-order valence-electron chi connectivity index (χ1n) is 4.78. The lowest BCUT2D eigenvalue weighted by molar-refractivity contribution is 0.499. The van der Waals surface area contributed by atoms with E-state index in [2.05, 4.69) is 18.9 Å². The molecule has 0 fully saturated rings. The zero-order valence-corrected chi connectivity index (χ0v) is 8.94. The number of rotatable bonds is 2. The molecule has 14 heavy (non-hydrogen) atoms. The molecule has 1 heterocycles. The van der Waals surface area contributed by atoms with Gasteiger partial charge < -0.3 is 5.73 Å². The summed E-state index contributed by atoms with van der Waals surface area (Å²) in [5, 5.41) is 5.99. The summed E-state index contributed by atoms with van der Waals surface area (Å²) in [4.78, 5) is 0. The van der Waals surface area contributed by atoms with Crippen LogP contribution in [-0.2, 0) is 0 Å². The molecule has 0 radical (unpaired) electrons. The first-order chi connectivity index (χ1) is 6.65. The molecule has 1 rings (SSSR count). The van der Waals surface area contributed by atoms with Crippen molar-refractivity contribution in [1.82, 2.24) is 5.01 Å². The van der Waals surface area contributed by atoms with Crippen LogP contribution in [-0.4, -0.2) is 11.2 Å². The van der Waals surface area contributed by atoms with Gasteiger partial charge in [-0.3, -0.25) is 0 Å². The van der Waals surface area contributed by atoms with Crippen molar-refractivity contribution in [2.75, 3.05) is 0 Å². The van der Waals surface area contributed by atoms with Crippen LogP contribution in [0.3, 0.4) is 0 Å². The maximum Gasteiger partial charge on any atom is 0.0604 e. The molecule has 0 aliphatic carbocycles. The molecule has 0 amide bonds. The van der Waals surface area contributed by atoms with E-state index in [4.69, 9.17) is 5.73 Å². The van der Waals surface area contributed by atoms with E-state index >= 15 is 0 Å². The molecule has 0 saturated heterocycles. The average molecular weight is 191 g/mol. The Morgan fingerprint density at radius 1 is 1.57 bits per heavy atom. The van der Waals surface area contributed by atoms with Crippen molar-refractivity contribution in [2.45, 2.75) is 20.8 Å². The third kappa shape index (κ3) is 2.49. The molecule has 0 saturated carbocycles.